The molecular weight excluding hydrogens is 613 g/mol. The number of aryl methyl sites for hydroxylation is 1. The zero-order valence-electron chi connectivity index (χ0n) is 29.9. The summed E-state index contributed by atoms with van der Waals surface area (Å²) < 4.78 is 0. The molecule has 2 aliphatic carbocycles. The Morgan fingerprint density at radius 1 is 0.314 bits per heavy atom. The molecular formula is C51H40. The van der Waals surface area contributed by atoms with Crippen LogP contribution in [-0.4, -0.2) is 0 Å². The Balaban J connectivity index is 1.18. The fraction of sp³-hybridized carbons (Fsp3) is 0.137. The van der Waals surface area contributed by atoms with Gasteiger partial charge in [0.1, 0.15) is 0 Å². The molecule has 0 unspecified atom stereocenters. The molecule has 0 heterocycles. The molecule has 0 N–H and O–H groups in total. The van der Waals surface area contributed by atoms with Crippen LogP contribution in [0.2, 0.25) is 0 Å². The lowest BCUT2D eigenvalue weighted by molar-refractivity contribution is 0.660. The van der Waals surface area contributed by atoms with Gasteiger partial charge in [0.25, 0.3) is 0 Å². The maximum atomic E-state index is 2.46. The molecule has 8 aromatic carbocycles. The first-order valence-corrected chi connectivity index (χ1v) is 18.3. The third kappa shape index (κ3) is 4.26. The van der Waals surface area contributed by atoms with E-state index in [1.165, 1.54) is 105 Å². The van der Waals surface area contributed by atoms with Gasteiger partial charge in [0, 0.05) is 10.8 Å². The summed E-state index contributed by atoms with van der Waals surface area (Å²) in [4.78, 5) is 0. The first-order valence-electron chi connectivity index (χ1n) is 18.3. The zero-order valence-corrected chi connectivity index (χ0v) is 29.9. The van der Waals surface area contributed by atoms with Gasteiger partial charge in [-0.2, -0.15) is 0 Å². The third-order valence-corrected chi connectivity index (χ3v) is 12.1. The Kier molecular flexibility index (Phi) is 6.29. The van der Waals surface area contributed by atoms with Crippen molar-refractivity contribution in [3.63, 3.8) is 0 Å². The van der Waals surface area contributed by atoms with Crippen molar-refractivity contribution < 1.29 is 0 Å². The van der Waals surface area contributed by atoms with Crippen molar-refractivity contribution in [2.24, 2.45) is 0 Å². The first-order chi connectivity index (χ1) is 24.7. The molecule has 244 valence electrons. The summed E-state index contributed by atoms with van der Waals surface area (Å²) in [6.07, 6.45) is 0. The van der Waals surface area contributed by atoms with E-state index in [9.17, 15) is 0 Å². The Labute approximate surface area is 301 Å². The Hall–Kier alpha value is -5.72. The summed E-state index contributed by atoms with van der Waals surface area (Å²) in [6, 6.07) is 57.4. The Bertz CT molecular complexity index is 2750. The lowest BCUT2D eigenvalue weighted by atomic mass is 9.81. The highest BCUT2D eigenvalue weighted by Gasteiger charge is 2.36. The molecule has 0 nitrogen and oxygen atoms in total. The molecule has 0 bridgehead atoms. The molecule has 0 aromatic heterocycles. The van der Waals surface area contributed by atoms with Gasteiger partial charge in [0.05, 0.1) is 0 Å². The largest absolute Gasteiger partial charge is 0.0619 e. The van der Waals surface area contributed by atoms with Gasteiger partial charge in [-0.25, -0.2) is 0 Å². The minimum atomic E-state index is -0.0327. The maximum Gasteiger partial charge on any atom is 0.0159 e. The van der Waals surface area contributed by atoms with Crippen LogP contribution in [0.15, 0.2) is 152 Å². The standard InChI is InChI=1S/C51H40/c1-31-21-24-41-43(27-31)49(35-23-26-46-42(29-35)37-16-9-11-20-45(37)50(46,2)3)40-18-7-6-17-39(40)48(41)34-14-12-13-32(28-34)33-22-25-38-36-15-8-10-19-44(36)51(4,5)47(38)30-33/h6-30H,1-5H3. The van der Waals surface area contributed by atoms with Gasteiger partial charge in [-0.05, 0) is 125 Å². The van der Waals surface area contributed by atoms with Crippen LogP contribution in [-0.2, 0) is 10.8 Å². The van der Waals surface area contributed by atoms with Gasteiger partial charge in [-0.3, -0.25) is 0 Å². The lowest BCUT2D eigenvalue weighted by Gasteiger charge is -2.22. The number of hydrogen-bond acceptors (Lipinski definition) is 0. The Morgan fingerprint density at radius 3 is 1.57 bits per heavy atom. The van der Waals surface area contributed by atoms with Crippen LogP contribution in [0, 0.1) is 6.92 Å². The molecule has 0 heteroatoms. The SMILES string of the molecule is Cc1ccc2c(-c3cccc(-c4ccc5c(c4)C(C)(C)c4ccccc4-5)c3)c3ccccc3c(-c3ccc4c(c3)-c3ccccc3C4(C)C)c2c1. The summed E-state index contributed by atoms with van der Waals surface area (Å²) in [5.41, 5.74) is 19.9. The average molecular weight is 653 g/mol. The molecule has 0 aliphatic heterocycles. The van der Waals surface area contributed by atoms with Gasteiger partial charge in [0.2, 0.25) is 0 Å². The van der Waals surface area contributed by atoms with E-state index in [2.05, 4.69) is 186 Å². The molecule has 0 fully saturated rings. The second-order valence-corrected chi connectivity index (χ2v) is 15.8. The van der Waals surface area contributed by atoms with Crippen LogP contribution in [0.5, 0.6) is 0 Å². The van der Waals surface area contributed by atoms with Crippen LogP contribution < -0.4 is 0 Å². The van der Waals surface area contributed by atoms with E-state index in [0.717, 1.165) is 0 Å². The molecule has 0 amide bonds. The van der Waals surface area contributed by atoms with Crippen molar-refractivity contribution in [3.05, 3.63) is 179 Å². The minimum absolute atomic E-state index is 0.0153. The third-order valence-electron chi connectivity index (χ3n) is 12.1. The van der Waals surface area contributed by atoms with E-state index in [4.69, 9.17) is 0 Å². The quantitative estimate of drug-likeness (QED) is 0.167. The van der Waals surface area contributed by atoms with Crippen molar-refractivity contribution in [3.8, 4) is 55.6 Å². The van der Waals surface area contributed by atoms with Crippen LogP contribution in [0.25, 0.3) is 77.2 Å². The van der Waals surface area contributed by atoms with Crippen molar-refractivity contribution >= 4 is 21.5 Å². The average Bonchev–Trinajstić information content (AvgIpc) is 3.53. The Morgan fingerprint density at radius 2 is 0.824 bits per heavy atom. The summed E-state index contributed by atoms with van der Waals surface area (Å²) in [5.74, 6) is 0. The van der Waals surface area contributed by atoms with Crippen LogP contribution in [0.1, 0.15) is 55.5 Å². The van der Waals surface area contributed by atoms with Gasteiger partial charge in [-0.1, -0.05) is 167 Å². The molecule has 0 spiro atoms. The van der Waals surface area contributed by atoms with E-state index in [1.807, 2.05) is 0 Å². The highest BCUT2D eigenvalue weighted by atomic mass is 14.4. The molecule has 2 aliphatic rings. The molecule has 0 saturated heterocycles. The normalized spacial score (nSPS) is 14.7. The minimum Gasteiger partial charge on any atom is -0.0619 e. The van der Waals surface area contributed by atoms with Gasteiger partial charge >= 0.3 is 0 Å². The molecule has 0 atom stereocenters. The highest BCUT2D eigenvalue weighted by Crippen LogP contribution is 2.52. The van der Waals surface area contributed by atoms with Crippen molar-refractivity contribution in [2.75, 3.05) is 0 Å². The first kappa shape index (κ1) is 30.1. The second kappa shape index (κ2) is 10.6. The van der Waals surface area contributed by atoms with Crippen molar-refractivity contribution in [1.82, 2.24) is 0 Å². The lowest BCUT2D eigenvalue weighted by Crippen LogP contribution is -2.14. The van der Waals surface area contributed by atoms with E-state index < -0.39 is 0 Å². The number of benzene rings is 8. The van der Waals surface area contributed by atoms with E-state index >= 15 is 0 Å². The van der Waals surface area contributed by atoms with Gasteiger partial charge in [-0.15, -0.1) is 0 Å². The van der Waals surface area contributed by atoms with Gasteiger partial charge < -0.3 is 0 Å². The molecule has 10 rings (SSSR count). The number of hydrogen-bond donors (Lipinski definition) is 0. The molecule has 0 saturated carbocycles. The van der Waals surface area contributed by atoms with E-state index in [1.54, 1.807) is 0 Å². The van der Waals surface area contributed by atoms with Crippen molar-refractivity contribution in [2.45, 2.75) is 45.4 Å². The van der Waals surface area contributed by atoms with E-state index in [0.29, 0.717) is 0 Å². The molecule has 51 heavy (non-hydrogen) atoms. The van der Waals surface area contributed by atoms with Crippen LogP contribution >= 0.6 is 0 Å². The number of rotatable bonds is 3. The van der Waals surface area contributed by atoms with E-state index in [-0.39, 0.29) is 10.8 Å². The summed E-state index contributed by atoms with van der Waals surface area (Å²) >= 11 is 0. The maximum absolute atomic E-state index is 2.46. The summed E-state index contributed by atoms with van der Waals surface area (Å²) in [6.45, 7) is 11.7. The predicted octanol–water partition coefficient (Wildman–Crippen LogP) is 13.9. The van der Waals surface area contributed by atoms with Crippen LogP contribution in [0.4, 0.5) is 0 Å². The predicted molar refractivity (Wildman–Crippen MR) is 218 cm³/mol. The second-order valence-electron chi connectivity index (χ2n) is 15.8. The highest BCUT2D eigenvalue weighted by molar-refractivity contribution is 6.21. The molecule has 0 radical (unpaired) electrons. The fourth-order valence-electron chi connectivity index (χ4n) is 9.53. The fourth-order valence-corrected chi connectivity index (χ4v) is 9.53. The molecule has 8 aromatic rings. The topological polar surface area (TPSA) is 0 Å². The van der Waals surface area contributed by atoms with Gasteiger partial charge in [0.15, 0.2) is 0 Å². The summed E-state index contributed by atoms with van der Waals surface area (Å²) in [5, 5.41) is 5.17. The number of fused-ring (bicyclic) bond motifs is 8. The monoisotopic (exact) mass is 652 g/mol. The summed E-state index contributed by atoms with van der Waals surface area (Å²) in [7, 11) is 0. The van der Waals surface area contributed by atoms with Crippen molar-refractivity contribution in [1.29, 1.82) is 0 Å². The van der Waals surface area contributed by atoms with Crippen LogP contribution in [0.3, 0.4) is 0 Å². The zero-order chi connectivity index (χ0) is 34.6. The smallest absolute Gasteiger partial charge is 0.0159 e.